The monoisotopic (exact) mass is 342 g/mol. The van der Waals surface area contributed by atoms with Crippen LogP contribution in [0.15, 0.2) is 12.7 Å². The molecule has 0 atom stereocenters. The number of carbonyl (C=O) groups is 4. The Balaban J connectivity index is -0.0000000378. The van der Waals surface area contributed by atoms with E-state index in [1.54, 1.807) is 6.08 Å². The smallest absolute Gasteiger partial charge is 0.300 e. The number of aliphatic carboxylic acids is 4. The molecule has 10 nitrogen and oxygen atoms in total. The minimum atomic E-state index is -0.833. The van der Waals surface area contributed by atoms with Crippen molar-refractivity contribution in [3.8, 4) is 0 Å². The summed E-state index contributed by atoms with van der Waals surface area (Å²) in [5.74, 6) is -3.33. The maximum absolute atomic E-state index is 9.00. The minimum Gasteiger partial charge on any atom is -0.481 e. The van der Waals surface area contributed by atoms with Gasteiger partial charge in [-0.25, -0.2) is 0 Å². The Hall–Kier alpha value is -2.46. The molecule has 23 heavy (non-hydrogen) atoms. The first kappa shape index (κ1) is 37.1. The van der Waals surface area contributed by atoms with Crippen LogP contribution in [0.3, 0.4) is 0 Å². The molecule has 0 aromatic carbocycles. The van der Waals surface area contributed by atoms with Crippen molar-refractivity contribution in [2.24, 2.45) is 11.5 Å². The van der Waals surface area contributed by atoms with Crippen LogP contribution in [0, 0.1) is 0 Å². The van der Waals surface area contributed by atoms with Gasteiger partial charge in [-0.05, 0) is 6.92 Å². The van der Waals surface area contributed by atoms with Gasteiger partial charge in [-0.3, -0.25) is 19.2 Å². The summed E-state index contributed by atoms with van der Waals surface area (Å²) < 4.78 is 0. The fraction of sp³-hybridized carbons (Fsp3) is 0.538. The zero-order valence-electron chi connectivity index (χ0n) is 14.3. The highest BCUT2D eigenvalue weighted by atomic mass is 16.4. The molecule has 0 rings (SSSR count). The van der Waals surface area contributed by atoms with Crippen molar-refractivity contribution in [3.05, 3.63) is 12.7 Å². The summed E-state index contributed by atoms with van der Waals surface area (Å²) in [5.41, 5.74) is 9.81. The van der Waals surface area contributed by atoms with E-state index in [9.17, 15) is 0 Å². The van der Waals surface area contributed by atoms with E-state index in [4.69, 9.17) is 51.1 Å². The Labute approximate surface area is 136 Å². The van der Waals surface area contributed by atoms with Crippen LogP contribution in [-0.2, 0) is 19.2 Å². The van der Waals surface area contributed by atoms with Gasteiger partial charge < -0.3 is 31.9 Å². The van der Waals surface area contributed by atoms with Crippen LogP contribution in [0.5, 0.6) is 0 Å². The quantitative estimate of drug-likeness (QED) is 0.363. The molecule has 0 aliphatic rings. The van der Waals surface area contributed by atoms with E-state index in [-0.39, 0.29) is 0 Å². The van der Waals surface area contributed by atoms with Crippen molar-refractivity contribution in [1.82, 2.24) is 0 Å². The van der Waals surface area contributed by atoms with Crippen LogP contribution in [0.25, 0.3) is 0 Å². The van der Waals surface area contributed by atoms with Gasteiger partial charge in [0.15, 0.2) is 0 Å². The second-order valence-electron chi connectivity index (χ2n) is 3.06. The summed E-state index contributed by atoms with van der Waals surface area (Å²) in [6.07, 6.45) is 1.75. The van der Waals surface area contributed by atoms with Crippen molar-refractivity contribution in [2.45, 2.75) is 34.6 Å². The summed E-state index contributed by atoms with van der Waals surface area (Å²) in [6, 6.07) is 0. The lowest BCUT2D eigenvalue weighted by Crippen LogP contribution is -2.11. The van der Waals surface area contributed by atoms with Crippen LogP contribution < -0.4 is 11.5 Å². The molecule has 140 valence electrons. The van der Waals surface area contributed by atoms with Gasteiger partial charge in [-0.15, -0.1) is 6.58 Å². The molecule has 10 heteroatoms. The van der Waals surface area contributed by atoms with E-state index in [0.717, 1.165) is 27.7 Å². The number of carboxylic acid groups (broad SMARTS) is 4. The van der Waals surface area contributed by atoms with Crippen molar-refractivity contribution in [3.63, 3.8) is 0 Å². The number of hydrogen-bond acceptors (Lipinski definition) is 6. The Morgan fingerprint density at radius 2 is 0.783 bits per heavy atom. The third kappa shape index (κ3) is 2820. The van der Waals surface area contributed by atoms with Crippen LogP contribution in [0.1, 0.15) is 34.6 Å². The normalized spacial score (nSPS) is 6.22. The number of nitrogens with two attached hydrogens (primary N) is 2. The van der Waals surface area contributed by atoms with Crippen LogP contribution in [0.4, 0.5) is 0 Å². The third-order valence-electron chi connectivity index (χ3n) is 0.167. The lowest BCUT2D eigenvalue weighted by molar-refractivity contribution is -0.135. The Kier molecular flexibility index (Phi) is 68.9. The van der Waals surface area contributed by atoms with E-state index >= 15 is 0 Å². The van der Waals surface area contributed by atoms with E-state index < -0.39 is 23.9 Å². The average molecular weight is 342 g/mol. The van der Waals surface area contributed by atoms with Gasteiger partial charge in [-0.2, -0.15) is 0 Å². The fourth-order valence-corrected chi connectivity index (χ4v) is 0. The van der Waals surface area contributed by atoms with Gasteiger partial charge in [0.25, 0.3) is 23.9 Å². The molecule has 0 saturated carbocycles. The van der Waals surface area contributed by atoms with E-state index in [1.165, 1.54) is 0 Å². The molecule has 0 fully saturated rings. The standard InChI is InChI=1S/C3H6.C2H8N2.4C2H4O2/c1-3-2;3-1-2-4;4*1-2(3)4/h3H,1H2,2H3;1-4H2;4*1H3,(H,3,4). The van der Waals surface area contributed by atoms with Gasteiger partial charge in [0.2, 0.25) is 0 Å². The molecular formula is C13H30N2O8. The molecule has 0 radical (unpaired) electrons. The summed E-state index contributed by atoms with van der Waals surface area (Å²) in [7, 11) is 0. The van der Waals surface area contributed by atoms with Crippen LogP contribution in [0.2, 0.25) is 0 Å². The number of rotatable bonds is 1. The Morgan fingerprint density at radius 1 is 0.739 bits per heavy atom. The second-order valence-corrected chi connectivity index (χ2v) is 3.06. The zero-order valence-corrected chi connectivity index (χ0v) is 14.3. The predicted octanol–water partition coefficient (Wildman–Crippen LogP) is 0.460. The average Bonchev–Trinajstić information content (AvgIpc) is 2.26. The predicted molar refractivity (Wildman–Crippen MR) is 87.2 cm³/mol. The van der Waals surface area contributed by atoms with Gasteiger partial charge in [0, 0.05) is 40.8 Å². The van der Waals surface area contributed by atoms with Gasteiger partial charge in [0.1, 0.15) is 0 Å². The van der Waals surface area contributed by atoms with Gasteiger partial charge in [-0.1, -0.05) is 6.08 Å². The first-order chi connectivity index (χ1) is 10.3. The van der Waals surface area contributed by atoms with Crippen molar-refractivity contribution in [1.29, 1.82) is 0 Å². The molecule has 0 aromatic heterocycles. The third-order valence-corrected chi connectivity index (χ3v) is 0.167. The molecule has 0 unspecified atom stereocenters. The number of hydrogen-bond donors (Lipinski definition) is 6. The highest BCUT2D eigenvalue weighted by molar-refractivity contribution is 5.63. The first-order valence-corrected chi connectivity index (χ1v) is 6.01. The van der Waals surface area contributed by atoms with Crippen molar-refractivity contribution < 1.29 is 39.6 Å². The molecule has 0 aromatic rings. The maximum Gasteiger partial charge on any atom is 0.300 e. The zero-order chi connectivity index (χ0) is 20.4. The lowest BCUT2D eigenvalue weighted by atomic mass is 10.7. The second kappa shape index (κ2) is 42.7. The largest absolute Gasteiger partial charge is 0.481 e. The number of allylic oxidation sites excluding steroid dienone is 1. The molecule has 0 spiro atoms. The topological polar surface area (TPSA) is 201 Å². The summed E-state index contributed by atoms with van der Waals surface area (Å²) >= 11 is 0. The summed E-state index contributed by atoms with van der Waals surface area (Å²) in [5, 5.41) is 29.7. The Bertz CT molecular complexity index is 228. The molecule has 0 saturated heterocycles. The number of carboxylic acids is 4. The molecule has 0 amide bonds. The van der Waals surface area contributed by atoms with E-state index in [1.807, 2.05) is 6.92 Å². The van der Waals surface area contributed by atoms with Crippen LogP contribution in [-0.4, -0.2) is 57.4 Å². The molecule has 0 bridgehead atoms. The molecule has 0 aliphatic heterocycles. The highest BCUT2D eigenvalue weighted by Gasteiger charge is 1.66. The summed E-state index contributed by atoms with van der Waals surface area (Å²) in [4.78, 5) is 36.0. The van der Waals surface area contributed by atoms with Gasteiger partial charge >= 0.3 is 0 Å². The van der Waals surface area contributed by atoms with Crippen molar-refractivity contribution in [2.75, 3.05) is 13.1 Å². The van der Waals surface area contributed by atoms with Crippen LogP contribution >= 0.6 is 0 Å². The van der Waals surface area contributed by atoms with Gasteiger partial charge in [0.05, 0.1) is 0 Å². The molecule has 8 N–H and O–H groups in total. The SMILES string of the molecule is C=CC.CC(=O)O.CC(=O)O.CC(=O)O.CC(=O)O.NCCN. The fourth-order valence-electron chi connectivity index (χ4n) is 0. The lowest BCUT2D eigenvalue weighted by Gasteiger charge is -1.72. The van der Waals surface area contributed by atoms with Crippen molar-refractivity contribution >= 4 is 23.9 Å². The molecule has 0 aliphatic carbocycles. The maximum atomic E-state index is 9.00. The highest BCUT2D eigenvalue weighted by Crippen LogP contribution is 1.43. The van der Waals surface area contributed by atoms with E-state index in [2.05, 4.69) is 6.58 Å². The Morgan fingerprint density at radius 3 is 0.783 bits per heavy atom. The minimum absolute atomic E-state index is 0.597. The summed E-state index contributed by atoms with van der Waals surface area (Å²) in [6.45, 7) is 10.8. The first-order valence-electron chi connectivity index (χ1n) is 6.01. The van der Waals surface area contributed by atoms with E-state index in [0.29, 0.717) is 13.1 Å². The molecular weight excluding hydrogens is 312 g/mol. The molecule has 0 heterocycles.